The average molecular weight is 264 g/mol. The Bertz CT molecular complexity index is 298. The maximum Gasteiger partial charge on any atom is 0.0309 e. The molecular formula is C17H32N2. The van der Waals surface area contributed by atoms with E-state index in [1.54, 1.807) is 0 Å². The molecule has 0 spiro atoms. The van der Waals surface area contributed by atoms with Crippen molar-refractivity contribution in [3.05, 3.63) is 0 Å². The standard InChI is InChI=1S/C17H32N2/c1-17(13-18,12-14-6-4-7-14)19-11-5-9-15-8-2-3-10-16(15)19/h14-16H,2-13,18H2,1H3. The molecule has 1 aliphatic heterocycles. The molecule has 0 aromatic heterocycles. The van der Waals surface area contributed by atoms with E-state index in [9.17, 15) is 0 Å². The maximum atomic E-state index is 6.25. The molecule has 1 saturated heterocycles. The van der Waals surface area contributed by atoms with Crippen molar-refractivity contribution < 1.29 is 0 Å². The third-order valence-electron chi connectivity index (χ3n) is 6.33. The van der Waals surface area contributed by atoms with E-state index in [1.807, 2.05) is 0 Å². The van der Waals surface area contributed by atoms with Gasteiger partial charge in [-0.1, -0.05) is 32.1 Å². The summed E-state index contributed by atoms with van der Waals surface area (Å²) >= 11 is 0. The summed E-state index contributed by atoms with van der Waals surface area (Å²) < 4.78 is 0. The fraction of sp³-hybridized carbons (Fsp3) is 1.00. The van der Waals surface area contributed by atoms with Crippen molar-refractivity contribution >= 4 is 0 Å². The van der Waals surface area contributed by atoms with Gasteiger partial charge < -0.3 is 5.73 Å². The van der Waals surface area contributed by atoms with Crippen LogP contribution in [-0.4, -0.2) is 29.6 Å². The van der Waals surface area contributed by atoms with E-state index >= 15 is 0 Å². The van der Waals surface area contributed by atoms with Crippen LogP contribution in [0.1, 0.15) is 71.1 Å². The highest BCUT2D eigenvalue weighted by Gasteiger charge is 2.43. The first-order valence-electron chi connectivity index (χ1n) is 8.70. The summed E-state index contributed by atoms with van der Waals surface area (Å²) in [5.74, 6) is 1.95. The molecule has 19 heavy (non-hydrogen) atoms. The summed E-state index contributed by atoms with van der Waals surface area (Å²) in [5.41, 5.74) is 6.53. The highest BCUT2D eigenvalue weighted by atomic mass is 15.2. The molecular weight excluding hydrogens is 232 g/mol. The lowest BCUT2D eigenvalue weighted by Gasteiger charge is -2.54. The van der Waals surface area contributed by atoms with E-state index in [1.165, 1.54) is 70.8 Å². The zero-order valence-corrected chi connectivity index (χ0v) is 12.7. The van der Waals surface area contributed by atoms with E-state index in [0.29, 0.717) is 0 Å². The summed E-state index contributed by atoms with van der Waals surface area (Å²) in [4.78, 5) is 2.86. The van der Waals surface area contributed by atoms with Gasteiger partial charge in [0.05, 0.1) is 0 Å². The first-order valence-corrected chi connectivity index (χ1v) is 8.70. The molecule has 0 aromatic rings. The molecule has 2 nitrogen and oxygen atoms in total. The average Bonchev–Trinajstić information content (AvgIpc) is 2.42. The van der Waals surface area contributed by atoms with Crippen molar-refractivity contribution in [2.24, 2.45) is 17.6 Å². The van der Waals surface area contributed by atoms with Crippen molar-refractivity contribution in [3.8, 4) is 0 Å². The number of hydrogen-bond donors (Lipinski definition) is 1. The number of nitrogens with zero attached hydrogens (tertiary/aromatic N) is 1. The number of rotatable bonds is 4. The molecule has 3 rings (SSSR count). The minimum atomic E-state index is 0.283. The molecule has 2 aliphatic carbocycles. The highest BCUT2D eigenvalue weighted by Crippen LogP contribution is 2.42. The molecule has 0 bridgehead atoms. The van der Waals surface area contributed by atoms with Crippen LogP contribution in [0.25, 0.3) is 0 Å². The SMILES string of the molecule is CC(CN)(CC1CCC1)N1CCCC2CCCCC21. The minimum Gasteiger partial charge on any atom is -0.329 e. The van der Waals surface area contributed by atoms with Crippen LogP contribution >= 0.6 is 0 Å². The van der Waals surface area contributed by atoms with Gasteiger partial charge in [0.2, 0.25) is 0 Å². The van der Waals surface area contributed by atoms with Crippen LogP contribution in [-0.2, 0) is 0 Å². The zero-order chi connectivity index (χ0) is 13.3. The molecule has 3 fully saturated rings. The predicted molar refractivity (Wildman–Crippen MR) is 81.1 cm³/mol. The normalized spacial score (nSPS) is 36.3. The predicted octanol–water partition coefficient (Wildman–Crippen LogP) is 3.55. The molecule has 3 unspecified atom stereocenters. The topological polar surface area (TPSA) is 29.3 Å². The molecule has 1 heterocycles. The van der Waals surface area contributed by atoms with Gasteiger partial charge in [-0.2, -0.15) is 0 Å². The van der Waals surface area contributed by atoms with Gasteiger partial charge >= 0.3 is 0 Å². The van der Waals surface area contributed by atoms with E-state index in [4.69, 9.17) is 5.73 Å². The fourth-order valence-electron chi connectivity index (χ4n) is 4.93. The van der Waals surface area contributed by atoms with Crippen LogP contribution < -0.4 is 5.73 Å². The van der Waals surface area contributed by atoms with Crippen molar-refractivity contribution in [1.82, 2.24) is 4.90 Å². The minimum absolute atomic E-state index is 0.283. The molecule has 0 radical (unpaired) electrons. The second-order valence-electron chi connectivity index (χ2n) is 7.65. The van der Waals surface area contributed by atoms with E-state index < -0.39 is 0 Å². The van der Waals surface area contributed by atoms with Crippen LogP contribution in [0.4, 0.5) is 0 Å². The Morgan fingerprint density at radius 3 is 2.42 bits per heavy atom. The van der Waals surface area contributed by atoms with Gasteiger partial charge in [0.25, 0.3) is 0 Å². The lowest BCUT2D eigenvalue weighted by atomic mass is 9.72. The number of likely N-dealkylation sites (tertiary alicyclic amines) is 1. The third kappa shape index (κ3) is 2.71. The number of hydrogen-bond acceptors (Lipinski definition) is 2. The van der Waals surface area contributed by atoms with Gasteiger partial charge in [-0.3, -0.25) is 4.90 Å². The van der Waals surface area contributed by atoms with Crippen LogP contribution in [0.3, 0.4) is 0 Å². The lowest BCUT2D eigenvalue weighted by Crippen LogP contribution is -2.61. The highest BCUT2D eigenvalue weighted by molar-refractivity contribution is 4.98. The molecule has 110 valence electrons. The van der Waals surface area contributed by atoms with E-state index in [-0.39, 0.29) is 5.54 Å². The van der Waals surface area contributed by atoms with Gasteiger partial charge in [0, 0.05) is 18.1 Å². The van der Waals surface area contributed by atoms with Gasteiger partial charge in [-0.15, -0.1) is 0 Å². The van der Waals surface area contributed by atoms with Gasteiger partial charge in [-0.05, 0) is 57.4 Å². The number of fused-ring (bicyclic) bond motifs is 1. The Balaban J connectivity index is 1.72. The molecule has 0 aromatic carbocycles. The molecule has 2 N–H and O–H groups in total. The maximum absolute atomic E-state index is 6.25. The lowest BCUT2D eigenvalue weighted by molar-refractivity contribution is -0.0331. The second kappa shape index (κ2) is 5.73. The Kier molecular flexibility index (Phi) is 4.19. The van der Waals surface area contributed by atoms with Crippen molar-refractivity contribution in [2.45, 2.75) is 82.7 Å². The Hall–Kier alpha value is -0.0800. The first-order chi connectivity index (χ1) is 9.23. The summed E-state index contributed by atoms with van der Waals surface area (Å²) in [6.45, 7) is 4.62. The van der Waals surface area contributed by atoms with E-state index in [2.05, 4.69) is 11.8 Å². The quantitative estimate of drug-likeness (QED) is 0.841. The van der Waals surface area contributed by atoms with Crippen molar-refractivity contribution in [1.29, 1.82) is 0 Å². The molecule has 2 saturated carbocycles. The van der Waals surface area contributed by atoms with Crippen LogP contribution in [0.2, 0.25) is 0 Å². The zero-order valence-electron chi connectivity index (χ0n) is 12.7. The molecule has 3 aliphatic rings. The van der Waals surface area contributed by atoms with Crippen LogP contribution in [0, 0.1) is 11.8 Å². The second-order valence-corrected chi connectivity index (χ2v) is 7.65. The molecule has 3 atom stereocenters. The monoisotopic (exact) mass is 264 g/mol. The van der Waals surface area contributed by atoms with Gasteiger partial charge in [0.15, 0.2) is 0 Å². The third-order valence-corrected chi connectivity index (χ3v) is 6.33. The summed E-state index contributed by atoms with van der Waals surface area (Å²) in [6, 6.07) is 0.858. The molecule has 0 amide bonds. The van der Waals surface area contributed by atoms with Crippen LogP contribution in [0.15, 0.2) is 0 Å². The Morgan fingerprint density at radius 2 is 1.74 bits per heavy atom. The van der Waals surface area contributed by atoms with E-state index in [0.717, 1.165) is 24.4 Å². The largest absolute Gasteiger partial charge is 0.329 e. The summed E-state index contributed by atoms with van der Waals surface area (Å²) in [5, 5.41) is 0. The number of nitrogens with two attached hydrogens (primary N) is 1. The van der Waals surface area contributed by atoms with Crippen molar-refractivity contribution in [2.75, 3.05) is 13.1 Å². The molecule has 2 heteroatoms. The van der Waals surface area contributed by atoms with Crippen molar-refractivity contribution in [3.63, 3.8) is 0 Å². The first kappa shape index (κ1) is 13.9. The Labute approximate surface area is 119 Å². The van der Waals surface area contributed by atoms with Crippen LogP contribution in [0.5, 0.6) is 0 Å². The fourth-order valence-corrected chi connectivity index (χ4v) is 4.93. The summed E-state index contributed by atoms with van der Waals surface area (Å²) in [7, 11) is 0. The van der Waals surface area contributed by atoms with Gasteiger partial charge in [-0.25, -0.2) is 0 Å². The van der Waals surface area contributed by atoms with Gasteiger partial charge in [0.1, 0.15) is 0 Å². The summed E-state index contributed by atoms with van der Waals surface area (Å²) in [6.07, 6.45) is 14.4. The Morgan fingerprint density at radius 1 is 1.00 bits per heavy atom. The smallest absolute Gasteiger partial charge is 0.0309 e. The number of piperidine rings is 1.